The summed E-state index contributed by atoms with van der Waals surface area (Å²) >= 11 is 1.67. The Labute approximate surface area is 92.8 Å². The van der Waals surface area contributed by atoms with E-state index in [-0.39, 0.29) is 11.2 Å². The van der Waals surface area contributed by atoms with Gasteiger partial charge in [-0.2, -0.15) is 0 Å². The number of benzene rings is 1. The van der Waals surface area contributed by atoms with Crippen LogP contribution >= 0.6 is 11.8 Å². The van der Waals surface area contributed by atoms with Crippen LogP contribution in [-0.4, -0.2) is 24.9 Å². The van der Waals surface area contributed by atoms with Crippen molar-refractivity contribution in [3.63, 3.8) is 0 Å². The van der Waals surface area contributed by atoms with Gasteiger partial charge >= 0.3 is 5.97 Å². The summed E-state index contributed by atoms with van der Waals surface area (Å²) in [7, 11) is 1.64. The molecule has 1 heterocycles. The molecular weight excluding hydrogens is 212 g/mol. The van der Waals surface area contributed by atoms with Gasteiger partial charge in [0.05, 0.1) is 18.8 Å². The van der Waals surface area contributed by atoms with E-state index in [1.807, 2.05) is 24.3 Å². The van der Waals surface area contributed by atoms with Gasteiger partial charge < -0.3 is 9.47 Å². The van der Waals surface area contributed by atoms with Crippen molar-refractivity contribution in [3.05, 3.63) is 24.3 Å². The Morgan fingerprint density at radius 1 is 1.40 bits per heavy atom. The maximum atomic E-state index is 10.9. The van der Waals surface area contributed by atoms with E-state index in [1.165, 1.54) is 0 Å². The molecule has 0 spiro atoms. The summed E-state index contributed by atoms with van der Waals surface area (Å²) in [5.74, 6) is 0.749. The summed E-state index contributed by atoms with van der Waals surface area (Å²) in [4.78, 5) is 12.0. The first-order chi connectivity index (χ1) is 7.28. The largest absolute Gasteiger partial charge is 0.497 e. The van der Waals surface area contributed by atoms with Crippen LogP contribution in [0.5, 0.6) is 5.75 Å². The normalized spacial score (nSPS) is 20.1. The Morgan fingerprint density at radius 2 is 2.13 bits per heavy atom. The molecule has 80 valence electrons. The van der Waals surface area contributed by atoms with Crippen molar-refractivity contribution in [2.24, 2.45) is 0 Å². The van der Waals surface area contributed by atoms with Crippen molar-refractivity contribution in [2.75, 3.05) is 13.7 Å². The molecule has 0 bridgehead atoms. The maximum Gasteiger partial charge on any atom is 0.307 e. The van der Waals surface area contributed by atoms with Crippen LogP contribution < -0.4 is 4.74 Å². The molecule has 1 aromatic carbocycles. The van der Waals surface area contributed by atoms with E-state index in [2.05, 4.69) is 0 Å². The van der Waals surface area contributed by atoms with E-state index in [0.717, 1.165) is 10.6 Å². The van der Waals surface area contributed by atoms with Crippen LogP contribution in [0.25, 0.3) is 0 Å². The van der Waals surface area contributed by atoms with Gasteiger partial charge in [-0.25, -0.2) is 0 Å². The lowest BCUT2D eigenvalue weighted by Gasteiger charge is -2.06. The van der Waals surface area contributed by atoms with Gasteiger partial charge in [0.1, 0.15) is 12.4 Å². The second kappa shape index (κ2) is 4.57. The van der Waals surface area contributed by atoms with Crippen molar-refractivity contribution in [2.45, 2.75) is 16.6 Å². The number of hydrogen-bond acceptors (Lipinski definition) is 4. The Hall–Kier alpha value is -1.16. The molecule has 15 heavy (non-hydrogen) atoms. The molecule has 1 aliphatic heterocycles. The Balaban J connectivity index is 1.96. The molecule has 0 amide bonds. The fourth-order valence-corrected chi connectivity index (χ4v) is 2.45. The van der Waals surface area contributed by atoms with Gasteiger partial charge in [0.2, 0.25) is 0 Å². The second-order valence-electron chi connectivity index (χ2n) is 3.30. The number of ether oxygens (including phenoxy) is 2. The molecule has 1 fully saturated rings. The molecular formula is C11H12O3S. The predicted octanol–water partition coefficient (Wildman–Crippen LogP) is 2.10. The highest BCUT2D eigenvalue weighted by atomic mass is 32.2. The minimum Gasteiger partial charge on any atom is -0.497 e. The average Bonchev–Trinajstić information content (AvgIpc) is 2.65. The van der Waals surface area contributed by atoms with Gasteiger partial charge in [-0.05, 0) is 24.3 Å². The summed E-state index contributed by atoms with van der Waals surface area (Å²) in [6.45, 7) is 0.523. The molecule has 1 saturated heterocycles. The number of methoxy groups -OCH3 is 1. The zero-order valence-corrected chi connectivity index (χ0v) is 9.25. The molecule has 1 atom stereocenters. The molecule has 0 unspecified atom stereocenters. The average molecular weight is 224 g/mol. The molecule has 0 saturated carbocycles. The molecule has 1 aliphatic rings. The van der Waals surface area contributed by atoms with E-state index in [1.54, 1.807) is 18.9 Å². The van der Waals surface area contributed by atoms with Crippen LogP contribution in [0.4, 0.5) is 0 Å². The SMILES string of the molecule is COc1ccc(S[C@H]2COC(=O)C2)cc1. The maximum absolute atomic E-state index is 10.9. The number of carbonyl (C=O) groups excluding carboxylic acids is 1. The summed E-state index contributed by atoms with van der Waals surface area (Å²) in [5, 5.41) is 0.255. The molecule has 4 heteroatoms. The van der Waals surface area contributed by atoms with Crippen LogP contribution in [0.2, 0.25) is 0 Å². The van der Waals surface area contributed by atoms with Gasteiger partial charge in [-0.1, -0.05) is 0 Å². The summed E-state index contributed by atoms with van der Waals surface area (Å²) in [6, 6.07) is 7.82. The van der Waals surface area contributed by atoms with Crippen molar-refractivity contribution < 1.29 is 14.3 Å². The fourth-order valence-electron chi connectivity index (χ4n) is 1.41. The highest BCUT2D eigenvalue weighted by Gasteiger charge is 2.24. The molecule has 2 rings (SSSR count). The van der Waals surface area contributed by atoms with Crippen molar-refractivity contribution in [1.29, 1.82) is 0 Å². The smallest absolute Gasteiger partial charge is 0.307 e. The second-order valence-corrected chi connectivity index (χ2v) is 4.68. The van der Waals surface area contributed by atoms with E-state index < -0.39 is 0 Å². The first kappa shape index (κ1) is 10.4. The van der Waals surface area contributed by atoms with Crippen molar-refractivity contribution in [3.8, 4) is 5.75 Å². The molecule has 0 radical (unpaired) electrons. The van der Waals surface area contributed by atoms with Gasteiger partial charge in [0.15, 0.2) is 0 Å². The third-order valence-corrected chi connectivity index (χ3v) is 3.37. The van der Waals surface area contributed by atoms with Crippen molar-refractivity contribution in [1.82, 2.24) is 0 Å². The third-order valence-electron chi connectivity index (χ3n) is 2.19. The van der Waals surface area contributed by atoms with Crippen molar-refractivity contribution >= 4 is 17.7 Å². The van der Waals surface area contributed by atoms with Gasteiger partial charge in [-0.15, -0.1) is 11.8 Å². The number of hydrogen-bond donors (Lipinski definition) is 0. The van der Waals surface area contributed by atoms with E-state index in [9.17, 15) is 4.79 Å². The molecule has 3 nitrogen and oxygen atoms in total. The van der Waals surface area contributed by atoms with Crippen LogP contribution in [0.15, 0.2) is 29.2 Å². The number of cyclic esters (lactones) is 1. The minimum atomic E-state index is -0.0963. The Bertz CT molecular complexity index is 347. The van der Waals surface area contributed by atoms with E-state index >= 15 is 0 Å². The lowest BCUT2D eigenvalue weighted by atomic mass is 10.3. The highest BCUT2D eigenvalue weighted by molar-refractivity contribution is 8.00. The lowest BCUT2D eigenvalue weighted by Crippen LogP contribution is -1.99. The molecule has 1 aromatic rings. The summed E-state index contributed by atoms with van der Waals surface area (Å²) in [5.41, 5.74) is 0. The van der Waals surface area contributed by atoms with E-state index in [4.69, 9.17) is 9.47 Å². The van der Waals surface area contributed by atoms with Gasteiger partial charge in [0, 0.05) is 4.90 Å². The van der Waals surface area contributed by atoms with E-state index in [0.29, 0.717) is 13.0 Å². The first-order valence-electron chi connectivity index (χ1n) is 4.74. The molecule has 0 aliphatic carbocycles. The van der Waals surface area contributed by atoms with Crippen LogP contribution in [0, 0.1) is 0 Å². The van der Waals surface area contributed by atoms with Crippen LogP contribution in [-0.2, 0) is 9.53 Å². The quantitative estimate of drug-likeness (QED) is 0.737. The molecule has 0 aromatic heterocycles. The third kappa shape index (κ3) is 2.65. The number of carbonyl (C=O) groups is 1. The molecule has 0 N–H and O–H groups in total. The minimum absolute atomic E-state index is 0.0963. The van der Waals surface area contributed by atoms with Crippen LogP contribution in [0.3, 0.4) is 0 Å². The van der Waals surface area contributed by atoms with Gasteiger partial charge in [0.25, 0.3) is 0 Å². The van der Waals surface area contributed by atoms with Gasteiger partial charge in [-0.3, -0.25) is 4.79 Å². The van der Waals surface area contributed by atoms with Crippen LogP contribution in [0.1, 0.15) is 6.42 Å². The summed E-state index contributed by atoms with van der Waals surface area (Å²) in [6.07, 6.45) is 0.511. The first-order valence-corrected chi connectivity index (χ1v) is 5.62. The lowest BCUT2D eigenvalue weighted by molar-refractivity contribution is -0.137. The summed E-state index contributed by atoms with van der Waals surface area (Å²) < 4.78 is 9.97. The zero-order valence-electron chi connectivity index (χ0n) is 8.43. The zero-order chi connectivity index (χ0) is 10.7. The standard InChI is InChI=1S/C11H12O3S/c1-13-8-2-4-9(5-3-8)15-10-6-11(12)14-7-10/h2-5,10H,6-7H2,1H3/t10-/m1/s1. The number of esters is 1. The topological polar surface area (TPSA) is 35.5 Å². The Kier molecular flexibility index (Phi) is 3.16. The highest BCUT2D eigenvalue weighted by Crippen LogP contribution is 2.30. The number of thioether (sulfide) groups is 1. The monoisotopic (exact) mass is 224 g/mol. The Morgan fingerprint density at radius 3 is 2.67 bits per heavy atom. The predicted molar refractivity (Wildman–Crippen MR) is 58.2 cm³/mol. The fraction of sp³-hybridized carbons (Fsp3) is 0.364. The number of rotatable bonds is 3.